The number of hydrogen-bond donors (Lipinski definition) is 1. The first-order chi connectivity index (χ1) is 9.04. The first-order valence-corrected chi connectivity index (χ1v) is 6.60. The lowest BCUT2D eigenvalue weighted by atomic mass is 10.0. The Labute approximate surface area is 117 Å². The third-order valence-corrected chi connectivity index (χ3v) is 3.42. The van der Waals surface area contributed by atoms with Crippen molar-refractivity contribution < 1.29 is 9.50 Å². The molecule has 0 heterocycles. The molecule has 0 aliphatic rings. The van der Waals surface area contributed by atoms with Gasteiger partial charge in [-0.3, -0.25) is 0 Å². The molecule has 0 saturated heterocycles. The Balaban J connectivity index is 2.02. The number of benzene rings is 2. The number of aryl methyl sites for hydroxylation is 1. The summed E-state index contributed by atoms with van der Waals surface area (Å²) in [5.41, 5.74) is 2.89. The molecule has 19 heavy (non-hydrogen) atoms. The van der Waals surface area contributed by atoms with Gasteiger partial charge in [-0.1, -0.05) is 41.4 Å². The monoisotopic (exact) mass is 278 g/mol. The Bertz CT molecular complexity index is 551. The highest BCUT2D eigenvalue weighted by Crippen LogP contribution is 2.19. The molecule has 0 aliphatic carbocycles. The summed E-state index contributed by atoms with van der Waals surface area (Å²) < 4.78 is 13.1. The second-order valence-electron chi connectivity index (χ2n) is 4.78. The molecule has 2 aromatic carbocycles. The molecule has 0 aromatic heterocycles. The third-order valence-electron chi connectivity index (χ3n) is 3.06. The fraction of sp³-hybridized carbons (Fsp3) is 0.250. The van der Waals surface area contributed by atoms with Crippen LogP contribution in [0.1, 0.15) is 16.7 Å². The standard InChI is InChI=1S/C16H16ClFO/c1-11-2-4-12(5-3-11)8-15(19)10-13-9-14(18)6-7-16(13)17/h2-7,9,15,19H,8,10H2,1H3. The molecule has 0 fully saturated rings. The van der Waals surface area contributed by atoms with Gasteiger partial charge in [-0.15, -0.1) is 0 Å². The van der Waals surface area contributed by atoms with E-state index in [1.165, 1.54) is 23.8 Å². The lowest BCUT2D eigenvalue weighted by molar-refractivity contribution is 0.175. The SMILES string of the molecule is Cc1ccc(CC(O)Cc2cc(F)ccc2Cl)cc1. The van der Waals surface area contributed by atoms with E-state index in [0.29, 0.717) is 23.4 Å². The van der Waals surface area contributed by atoms with Crippen molar-refractivity contribution in [3.05, 3.63) is 70.0 Å². The zero-order valence-electron chi connectivity index (χ0n) is 10.7. The molecule has 2 aromatic rings. The fourth-order valence-electron chi connectivity index (χ4n) is 2.02. The molecule has 1 unspecified atom stereocenters. The molecule has 0 spiro atoms. The third kappa shape index (κ3) is 4.05. The minimum atomic E-state index is -0.568. The minimum absolute atomic E-state index is 0.332. The van der Waals surface area contributed by atoms with Gasteiger partial charge < -0.3 is 5.11 Å². The van der Waals surface area contributed by atoms with Crippen LogP contribution < -0.4 is 0 Å². The molecule has 1 N–H and O–H groups in total. The second kappa shape index (κ2) is 6.18. The van der Waals surface area contributed by atoms with Crippen molar-refractivity contribution in [3.63, 3.8) is 0 Å². The number of aliphatic hydroxyl groups excluding tert-OH is 1. The topological polar surface area (TPSA) is 20.2 Å². The molecule has 0 aliphatic heterocycles. The van der Waals surface area contributed by atoms with E-state index in [-0.39, 0.29) is 5.82 Å². The summed E-state index contributed by atoms with van der Waals surface area (Å²) in [6.45, 7) is 2.02. The molecule has 0 amide bonds. The van der Waals surface area contributed by atoms with Crippen molar-refractivity contribution >= 4 is 11.6 Å². The average Bonchev–Trinajstić information content (AvgIpc) is 2.37. The molecule has 1 atom stereocenters. The van der Waals surface area contributed by atoms with Gasteiger partial charge in [-0.2, -0.15) is 0 Å². The van der Waals surface area contributed by atoms with Crippen molar-refractivity contribution in [1.82, 2.24) is 0 Å². The number of rotatable bonds is 4. The van der Waals surface area contributed by atoms with E-state index >= 15 is 0 Å². The van der Waals surface area contributed by atoms with Crippen LogP contribution in [-0.4, -0.2) is 11.2 Å². The van der Waals surface area contributed by atoms with Crippen molar-refractivity contribution in [2.75, 3.05) is 0 Å². The number of aliphatic hydroxyl groups is 1. The predicted molar refractivity (Wildman–Crippen MR) is 76.0 cm³/mol. The highest BCUT2D eigenvalue weighted by molar-refractivity contribution is 6.31. The summed E-state index contributed by atoms with van der Waals surface area (Å²) in [5.74, 6) is -0.332. The van der Waals surface area contributed by atoms with E-state index in [2.05, 4.69) is 0 Å². The van der Waals surface area contributed by atoms with Crippen LogP contribution in [0.5, 0.6) is 0 Å². The second-order valence-corrected chi connectivity index (χ2v) is 5.19. The van der Waals surface area contributed by atoms with Crippen LogP contribution in [0.3, 0.4) is 0 Å². The summed E-state index contributed by atoms with van der Waals surface area (Å²) in [6.07, 6.45) is 0.319. The Kier molecular flexibility index (Phi) is 4.56. The van der Waals surface area contributed by atoms with Crippen LogP contribution in [-0.2, 0) is 12.8 Å². The van der Waals surface area contributed by atoms with Crippen LogP contribution in [0.4, 0.5) is 4.39 Å². The van der Waals surface area contributed by atoms with Crippen molar-refractivity contribution in [2.45, 2.75) is 25.9 Å². The fourth-order valence-corrected chi connectivity index (χ4v) is 2.22. The smallest absolute Gasteiger partial charge is 0.123 e. The van der Waals surface area contributed by atoms with Crippen LogP contribution in [0.15, 0.2) is 42.5 Å². The molecule has 0 radical (unpaired) electrons. The molecule has 2 rings (SSSR count). The maximum absolute atomic E-state index is 13.1. The number of hydrogen-bond acceptors (Lipinski definition) is 1. The summed E-state index contributed by atoms with van der Waals surface area (Å²) in [4.78, 5) is 0. The number of halogens is 2. The van der Waals surface area contributed by atoms with E-state index in [1.807, 2.05) is 31.2 Å². The summed E-state index contributed by atoms with van der Waals surface area (Å²) in [6, 6.07) is 12.2. The molecular formula is C16H16ClFO. The van der Waals surface area contributed by atoms with Gasteiger partial charge >= 0.3 is 0 Å². The highest BCUT2D eigenvalue weighted by Gasteiger charge is 2.10. The zero-order chi connectivity index (χ0) is 13.8. The summed E-state index contributed by atoms with van der Waals surface area (Å²) in [7, 11) is 0. The maximum Gasteiger partial charge on any atom is 0.123 e. The van der Waals surface area contributed by atoms with Gasteiger partial charge in [0.05, 0.1) is 6.10 Å². The molecule has 3 heteroatoms. The quantitative estimate of drug-likeness (QED) is 0.898. The zero-order valence-corrected chi connectivity index (χ0v) is 11.5. The van der Waals surface area contributed by atoms with E-state index in [1.54, 1.807) is 0 Å². The molecule has 100 valence electrons. The largest absolute Gasteiger partial charge is 0.392 e. The Morgan fingerprint density at radius 2 is 1.79 bits per heavy atom. The van der Waals surface area contributed by atoms with E-state index in [9.17, 15) is 9.50 Å². The first kappa shape index (κ1) is 14.0. The molecule has 0 saturated carbocycles. The lowest BCUT2D eigenvalue weighted by Crippen LogP contribution is -2.14. The highest BCUT2D eigenvalue weighted by atomic mass is 35.5. The van der Waals surface area contributed by atoms with Crippen molar-refractivity contribution in [1.29, 1.82) is 0 Å². The maximum atomic E-state index is 13.1. The summed E-state index contributed by atoms with van der Waals surface area (Å²) in [5, 5.41) is 10.5. The molecule has 1 nitrogen and oxygen atoms in total. The average molecular weight is 279 g/mol. The predicted octanol–water partition coefficient (Wildman–Crippen LogP) is 3.93. The normalized spacial score (nSPS) is 12.4. The summed E-state index contributed by atoms with van der Waals surface area (Å²) >= 11 is 5.99. The van der Waals surface area contributed by atoms with Gasteiger partial charge in [-0.05, 0) is 42.7 Å². The van der Waals surface area contributed by atoms with Crippen LogP contribution >= 0.6 is 11.6 Å². The van der Waals surface area contributed by atoms with Gasteiger partial charge in [0.15, 0.2) is 0 Å². The lowest BCUT2D eigenvalue weighted by Gasteiger charge is -2.12. The van der Waals surface area contributed by atoms with E-state index < -0.39 is 6.10 Å². The van der Waals surface area contributed by atoms with Crippen molar-refractivity contribution in [2.24, 2.45) is 0 Å². The van der Waals surface area contributed by atoms with Gasteiger partial charge in [0, 0.05) is 11.4 Å². The van der Waals surface area contributed by atoms with Gasteiger partial charge in [-0.25, -0.2) is 4.39 Å². The van der Waals surface area contributed by atoms with Gasteiger partial charge in [0.1, 0.15) is 5.82 Å². The van der Waals surface area contributed by atoms with Crippen LogP contribution in [0.25, 0.3) is 0 Å². The Hall–Kier alpha value is -1.38. The van der Waals surface area contributed by atoms with E-state index in [0.717, 1.165) is 5.56 Å². The molecular weight excluding hydrogens is 263 g/mol. The minimum Gasteiger partial charge on any atom is -0.392 e. The Morgan fingerprint density at radius 1 is 1.11 bits per heavy atom. The Morgan fingerprint density at radius 3 is 2.47 bits per heavy atom. The van der Waals surface area contributed by atoms with Crippen LogP contribution in [0.2, 0.25) is 5.02 Å². The van der Waals surface area contributed by atoms with Gasteiger partial charge in [0.2, 0.25) is 0 Å². The van der Waals surface area contributed by atoms with Crippen LogP contribution in [0, 0.1) is 12.7 Å². The first-order valence-electron chi connectivity index (χ1n) is 6.22. The van der Waals surface area contributed by atoms with Gasteiger partial charge in [0.25, 0.3) is 0 Å². The van der Waals surface area contributed by atoms with E-state index in [4.69, 9.17) is 11.6 Å². The molecule has 0 bridgehead atoms. The van der Waals surface area contributed by atoms with Crippen molar-refractivity contribution in [3.8, 4) is 0 Å².